The number of alkyl halides is 3. The Hall–Kier alpha value is -0.750. The second kappa shape index (κ2) is 6.75. The Labute approximate surface area is 97.5 Å². The average molecular weight is 254 g/mol. The van der Waals surface area contributed by atoms with Crippen LogP contribution in [0.5, 0.6) is 0 Å². The van der Waals surface area contributed by atoms with Crippen molar-refractivity contribution in [3.63, 3.8) is 0 Å². The lowest BCUT2D eigenvalue weighted by Gasteiger charge is -2.06. The van der Waals surface area contributed by atoms with E-state index in [2.05, 4.69) is 10.3 Å². The first-order valence-electron chi connectivity index (χ1n) is 4.96. The Morgan fingerprint density at radius 3 is 2.75 bits per heavy atom. The molecule has 0 aromatic carbocycles. The molecule has 0 N–H and O–H groups in total. The van der Waals surface area contributed by atoms with E-state index in [9.17, 15) is 8.78 Å². The third-order valence-electron chi connectivity index (χ3n) is 2.15. The topological polar surface area (TPSA) is 39.9 Å². The van der Waals surface area contributed by atoms with Crippen LogP contribution in [0.2, 0.25) is 0 Å². The second-order valence-corrected chi connectivity index (χ2v) is 3.55. The van der Waals surface area contributed by atoms with E-state index in [1.807, 2.05) is 0 Å². The van der Waals surface area contributed by atoms with Gasteiger partial charge in [0.05, 0.1) is 5.88 Å². The summed E-state index contributed by atoms with van der Waals surface area (Å²) in [5.74, 6) is -0.0439. The van der Waals surface area contributed by atoms with Gasteiger partial charge in [0.15, 0.2) is 0 Å². The first-order chi connectivity index (χ1) is 7.70. The fourth-order valence-electron chi connectivity index (χ4n) is 1.36. The lowest BCUT2D eigenvalue weighted by Crippen LogP contribution is -2.07. The largest absolute Gasteiger partial charge is 0.385 e. The van der Waals surface area contributed by atoms with Crippen molar-refractivity contribution >= 4 is 11.6 Å². The van der Waals surface area contributed by atoms with Gasteiger partial charge in [-0.1, -0.05) is 5.21 Å². The molecule has 1 aromatic rings. The molecule has 0 saturated carbocycles. The number of unbranched alkanes of at least 4 members (excludes halogenated alkanes) is 1. The minimum atomic E-state index is -2.59. The number of nitrogens with zero attached hydrogens (tertiary/aromatic N) is 3. The van der Waals surface area contributed by atoms with E-state index >= 15 is 0 Å². The van der Waals surface area contributed by atoms with Crippen molar-refractivity contribution < 1.29 is 13.5 Å². The van der Waals surface area contributed by atoms with Crippen LogP contribution in [0.15, 0.2) is 0 Å². The van der Waals surface area contributed by atoms with E-state index in [1.54, 1.807) is 7.11 Å². The number of hydrogen-bond acceptors (Lipinski definition) is 3. The molecule has 1 rings (SSSR count). The van der Waals surface area contributed by atoms with Gasteiger partial charge in [-0.3, -0.25) is 0 Å². The van der Waals surface area contributed by atoms with Crippen molar-refractivity contribution in [3.8, 4) is 0 Å². The molecule has 0 aliphatic carbocycles. The first-order valence-corrected chi connectivity index (χ1v) is 5.49. The molecule has 0 bridgehead atoms. The standard InChI is InChI=1S/C9H14ClF2N3O/c1-16-5-3-2-4-15-8(9(11)12)7(6-10)13-14-15/h9H,2-6H2,1H3. The Balaban J connectivity index is 2.61. The highest BCUT2D eigenvalue weighted by atomic mass is 35.5. The van der Waals surface area contributed by atoms with Crippen LogP contribution in [0.25, 0.3) is 0 Å². The molecule has 1 aromatic heterocycles. The van der Waals surface area contributed by atoms with Crippen molar-refractivity contribution in [2.75, 3.05) is 13.7 Å². The maximum absolute atomic E-state index is 12.7. The van der Waals surface area contributed by atoms with Crippen LogP contribution < -0.4 is 0 Å². The van der Waals surface area contributed by atoms with Gasteiger partial charge >= 0.3 is 0 Å². The summed E-state index contributed by atoms with van der Waals surface area (Å²) < 4.78 is 31.5. The Kier molecular flexibility index (Phi) is 5.62. The van der Waals surface area contributed by atoms with Crippen molar-refractivity contribution in [2.24, 2.45) is 0 Å². The molecule has 0 unspecified atom stereocenters. The molecule has 0 atom stereocenters. The summed E-state index contributed by atoms with van der Waals surface area (Å²) in [6.07, 6.45) is -1.07. The first kappa shape index (κ1) is 13.3. The van der Waals surface area contributed by atoms with Crippen molar-refractivity contribution in [3.05, 3.63) is 11.4 Å². The molecular weight excluding hydrogens is 240 g/mol. The highest BCUT2D eigenvalue weighted by molar-refractivity contribution is 6.16. The van der Waals surface area contributed by atoms with Crippen LogP contribution in [0.1, 0.15) is 30.7 Å². The van der Waals surface area contributed by atoms with Gasteiger partial charge in [-0.2, -0.15) is 0 Å². The van der Waals surface area contributed by atoms with Crippen molar-refractivity contribution in [1.82, 2.24) is 15.0 Å². The van der Waals surface area contributed by atoms with Gasteiger partial charge in [-0.15, -0.1) is 16.7 Å². The predicted octanol–water partition coefficient (Wildman–Crippen LogP) is 2.38. The molecule has 0 amide bonds. The van der Waals surface area contributed by atoms with E-state index < -0.39 is 6.43 Å². The number of hydrogen-bond donors (Lipinski definition) is 0. The fraction of sp³-hybridized carbons (Fsp3) is 0.778. The molecule has 0 saturated heterocycles. The summed E-state index contributed by atoms with van der Waals surface area (Å²) in [7, 11) is 1.60. The molecule has 0 aliphatic rings. The maximum atomic E-state index is 12.7. The predicted molar refractivity (Wildman–Crippen MR) is 55.6 cm³/mol. The minimum Gasteiger partial charge on any atom is -0.385 e. The van der Waals surface area contributed by atoms with Gasteiger partial charge in [-0.05, 0) is 12.8 Å². The number of aromatic nitrogens is 3. The summed E-state index contributed by atoms with van der Waals surface area (Å²) in [4.78, 5) is 0. The lowest BCUT2D eigenvalue weighted by molar-refractivity contribution is 0.137. The van der Waals surface area contributed by atoms with Gasteiger partial charge in [0.2, 0.25) is 0 Å². The van der Waals surface area contributed by atoms with Gasteiger partial charge in [0, 0.05) is 20.3 Å². The Bertz CT molecular complexity index is 320. The molecule has 0 radical (unpaired) electrons. The van der Waals surface area contributed by atoms with Gasteiger partial charge < -0.3 is 4.74 Å². The Morgan fingerprint density at radius 2 is 2.19 bits per heavy atom. The van der Waals surface area contributed by atoms with Crippen LogP contribution in [0, 0.1) is 0 Å². The molecule has 4 nitrogen and oxygen atoms in total. The molecule has 0 aliphatic heterocycles. The molecule has 1 heterocycles. The zero-order chi connectivity index (χ0) is 12.0. The van der Waals surface area contributed by atoms with Crippen molar-refractivity contribution in [2.45, 2.75) is 31.7 Å². The fourth-order valence-corrected chi connectivity index (χ4v) is 1.55. The highest BCUT2D eigenvalue weighted by Gasteiger charge is 2.20. The minimum absolute atomic E-state index is 0.0439. The quantitative estimate of drug-likeness (QED) is 0.553. The summed E-state index contributed by atoms with van der Waals surface area (Å²) in [6, 6.07) is 0. The maximum Gasteiger partial charge on any atom is 0.281 e. The van der Waals surface area contributed by atoms with E-state index in [-0.39, 0.29) is 17.3 Å². The number of methoxy groups -OCH3 is 1. The van der Waals surface area contributed by atoms with Gasteiger partial charge in [-0.25, -0.2) is 13.5 Å². The summed E-state index contributed by atoms with van der Waals surface area (Å²) in [5.41, 5.74) is -0.0178. The Morgan fingerprint density at radius 1 is 1.44 bits per heavy atom. The number of rotatable bonds is 7. The number of aryl methyl sites for hydroxylation is 1. The summed E-state index contributed by atoms with van der Waals surface area (Å²) >= 11 is 5.50. The average Bonchev–Trinajstić information content (AvgIpc) is 2.67. The van der Waals surface area contributed by atoms with Crippen molar-refractivity contribution in [1.29, 1.82) is 0 Å². The van der Waals surface area contributed by atoms with E-state index in [0.29, 0.717) is 13.2 Å². The van der Waals surface area contributed by atoms with Crippen LogP contribution in [-0.2, 0) is 17.2 Å². The second-order valence-electron chi connectivity index (χ2n) is 3.28. The molecular formula is C9H14ClF2N3O. The zero-order valence-corrected chi connectivity index (χ0v) is 9.75. The molecule has 7 heteroatoms. The van der Waals surface area contributed by atoms with Crippen LogP contribution >= 0.6 is 11.6 Å². The normalized spacial score (nSPS) is 11.3. The van der Waals surface area contributed by atoms with Gasteiger partial charge in [0.1, 0.15) is 11.4 Å². The van der Waals surface area contributed by atoms with Crippen LogP contribution in [-0.4, -0.2) is 28.7 Å². The third kappa shape index (κ3) is 3.38. The SMILES string of the molecule is COCCCCn1nnc(CCl)c1C(F)F. The summed E-state index contributed by atoms with van der Waals surface area (Å²) in [6.45, 7) is 1.02. The zero-order valence-electron chi connectivity index (χ0n) is 9.00. The monoisotopic (exact) mass is 253 g/mol. The van der Waals surface area contributed by atoms with E-state index in [0.717, 1.165) is 12.8 Å². The van der Waals surface area contributed by atoms with Crippen LogP contribution in [0.3, 0.4) is 0 Å². The molecule has 0 fully saturated rings. The summed E-state index contributed by atoms with van der Waals surface area (Å²) in [5, 5.41) is 7.29. The molecule has 92 valence electrons. The van der Waals surface area contributed by atoms with Gasteiger partial charge in [0.25, 0.3) is 6.43 Å². The third-order valence-corrected chi connectivity index (χ3v) is 2.40. The number of halogens is 3. The van der Waals surface area contributed by atoms with E-state index in [4.69, 9.17) is 16.3 Å². The highest BCUT2D eigenvalue weighted by Crippen LogP contribution is 2.22. The van der Waals surface area contributed by atoms with Crippen LogP contribution in [0.4, 0.5) is 8.78 Å². The smallest absolute Gasteiger partial charge is 0.281 e. The molecule has 16 heavy (non-hydrogen) atoms. The molecule has 0 spiro atoms. The lowest BCUT2D eigenvalue weighted by atomic mass is 10.3. The van der Waals surface area contributed by atoms with E-state index in [1.165, 1.54) is 4.68 Å². The number of ether oxygens (including phenoxy) is 1.